The Morgan fingerprint density at radius 2 is 1.72 bits per heavy atom. The van der Waals surface area contributed by atoms with E-state index < -0.39 is 0 Å². The van der Waals surface area contributed by atoms with Gasteiger partial charge in [-0.1, -0.05) is 18.2 Å². The third kappa shape index (κ3) is 4.01. The monoisotopic (exact) mass is 437 g/mol. The smallest absolute Gasteiger partial charge is 0.273 e. The number of hydrogen-bond acceptors (Lipinski definition) is 6. The first-order valence-electron chi connectivity index (χ1n) is 10.5. The molecular formula is C24H27N3O5. The second kappa shape index (κ2) is 9.32. The maximum absolute atomic E-state index is 11.6. The van der Waals surface area contributed by atoms with Gasteiger partial charge in [-0.2, -0.15) is 0 Å². The number of nitro benzene ring substituents is 1. The van der Waals surface area contributed by atoms with Crippen LogP contribution >= 0.6 is 0 Å². The number of aryl methyl sites for hydroxylation is 1. The standard InChI is InChI=1S/C24H27N3O5/c1-30-21-14-18(15-22(31-2)24(21)32-3)23-20-10-6-11-25(20)12-7-13-26(23)16-17-8-4-5-9-19(17)27(28)29/h4-6,8-11,14-15,23H,7,12-13,16H2,1-3H3. The molecule has 0 N–H and O–H groups in total. The number of aromatic nitrogens is 1. The van der Waals surface area contributed by atoms with Gasteiger partial charge < -0.3 is 18.8 Å². The van der Waals surface area contributed by atoms with Crippen LogP contribution in [0.25, 0.3) is 0 Å². The molecular weight excluding hydrogens is 410 g/mol. The highest BCUT2D eigenvalue weighted by Crippen LogP contribution is 2.43. The quantitative estimate of drug-likeness (QED) is 0.402. The first kappa shape index (κ1) is 21.7. The van der Waals surface area contributed by atoms with Gasteiger partial charge in [0, 0.05) is 43.2 Å². The molecule has 0 fully saturated rings. The molecule has 1 aromatic heterocycles. The van der Waals surface area contributed by atoms with Gasteiger partial charge in [-0.25, -0.2) is 0 Å². The minimum atomic E-state index is -0.315. The van der Waals surface area contributed by atoms with E-state index in [1.54, 1.807) is 33.5 Å². The fourth-order valence-electron chi connectivity index (χ4n) is 4.49. The molecule has 2 heterocycles. The topological polar surface area (TPSA) is 79.0 Å². The molecule has 1 unspecified atom stereocenters. The second-order valence-electron chi connectivity index (χ2n) is 7.70. The Kier molecular flexibility index (Phi) is 6.32. The van der Waals surface area contributed by atoms with E-state index in [0.29, 0.717) is 29.4 Å². The first-order chi connectivity index (χ1) is 15.6. The van der Waals surface area contributed by atoms with Crippen molar-refractivity contribution in [3.05, 3.63) is 81.7 Å². The third-order valence-corrected chi connectivity index (χ3v) is 5.92. The molecule has 0 saturated heterocycles. The SMILES string of the molecule is COc1cc(C2c3cccn3CCCN2Cc2ccccc2[N+](=O)[O-])cc(OC)c1OC. The van der Waals surface area contributed by atoms with Crippen LogP contribution in [0.4, 0.5) is 5.69 Å². The average Bonchev–Trinajstić information content (AvgIpc) is 3.19. The van der Waals surface area contributed by atoms with Gasteiger partial charge in [0.05, 0.1) is 32.3 Å². The summed E-state index contributed by atoms with van der Waals surface area (Å²) in [6, 6.07) is 14.9. The molecule has 0 bridgehead atoms. The fourth-order valence-corrected chi connectivity index (χ4v) is 4.49. The molecule has 0 amide bonds. The molecule has 0 radical (unpaired) electrons. The van der Waals surface area contributed by atoms with Crippen molar-refractivity contribution in [1.29, 1.82) is 0 Å². The van der Waals surface area contributed by atoms with Crippen molar-refractivity contribution in [3.8, 4) is 17.2 Å². The van der Waals surface area contributed by atoms with E-state index in [4.69, 9.17) is 14.2 Å². The van der Waals surface area contributed by atoms with Crippen molar-refractivity contribution in [3.63, 3.8) is 0 Å². The molecule has 0 spiro atoms. The summed E-state index contributed by atoms with van der Waals surface area (Å²) in [7, 11) is 4.78. The Bertz CT molecular complexity index is 1090. The van der Waals surface area contributed by atoms with Gasteiger partial charge in [-0.15, -0.1) is 0 Å². The van der Waals surface area contributed by atoms with E-state index in [9.17, 15) is 10.1 Å². The van der Waals surface area contributed by atoms with Crippen molar-refractivity contribution in [2.75, 3.05) is 27.9 Å². The van der Waals surface area contributed by atoms with Gasteiger partial charge in [0.15, 0.2) is 11.5 Å². The average molecular weight is 437 g/mol. The molecule has 1 aliphatic rings. The highest BCUT2D eigenvalue weighted by molar-refractivity contribution is 5.55. The van der Waals surface area contributed by atoms with E-state index in [2.05, 4.69) is 21.7 Å². The van der Waals surface area contributed by atoms with Crippen molar-refractivity contribution in [1.82, 2.24) is 9.47 Å². The summed E-state index contributed by atoms with van der Waals surface area (Å²) >= 11 is 0. The predicted molar refractivity (Wildman–Crippen MR) is 120 cm³/mol. The van der Waals surface area contributed by atoms with Gasteiger partial charge in [0.1, 0.15) is 0 Å². The number of benzene rings is 2. The molecule has 2 aromatic carbocycles. The van der Waals surface area contributed by atoms with E-state index in [1.165, 1.54) is 0 Å². The number of hydrogen-bond donors (Lipinski definition) is 0. The van der Waals surface area contributed by atoms with Gasteiger partial charge >= 0.3 is 0 Å². The van der Waals surface area contributed by atoms with Crippen LogP contribution in [0.5, 0.6) is 17.2 Å². The molecule has 4 rings (SSSR count). The van der Waals surface area contributed by atoms with Crippen LogP contribution in [0, 0.1) is 10.1 Å². The van der Waals surface area contributed by atoms with Crippen molar-refractivity contribution in [2.24, 2.45) is 0 Å². The zero-order valence-corrected chi connectivity index (χ0v) is 18.5. The summed E-state index contributed by atoms with van der Waals surface area (Å²) in [6.45, 7) is 2.12. The van der Waals surface area contributed by atoms with Crippen LogP contribution in [-0.2, 0) is 13.1 Å². The molecule has 32 heavy (non-hydrogen) atoms. The summed E-state index contributed by atoms with van der Waals surface area (Å²) in [5, 5.41) is 11.6. The summed E-state index contributed by atoms with van der Waals surface area (Å²) in [6.07, 6.45) is 3.01. The fraction of sp³-hybridized carbons (Fsp3) is 0.333. The lowest BCUT2D eigenvalue weighted by molar-refractivity contribution is -0.385. The Hall–Kier alpha value is -3.52. The van der Waals surface area contributed by atoms with E-state index in [0.717, 1.165) is 30.8 Å². The Balaban J connectivity index is 1.84. The van der Waals surface area contributed by atoms with Crippen LogP contribution in [0.2, 0.25) is 0 Å². The molecule has 8 heteroatoms. The number of methoxy groups -OCH3 is 3. The number of fused-ring (bicyclic) bond motifs is 1. The first-order valence-corrected chi connectivity index (χ1v) is 10.5. The van der Waals surface area contributed by atoms with Crippen molar-refractivity contribution >= 4 is 5.69 Å². The highest BCUT2D eigenvalue weighted by atomic mass is 16.6. The van der Waals surface area contributed by atoms with Crippen LogP contribution in [0.15, 0.2) is 54.7 Å². The second-order valence-corrected chi connectivity index (χ2v) is 7.70. The molecule has 1 atom stereocenters. The van der Waals surface area contributed by atoms with Gasteiger partial charge in [-0.05, 0) is 36.2 Å². The van der Waals surface area contributed by atoms with E-state index in [-0.39, 0.29) is 16.7 Å². The summed E-state index contributed by atoms with van der Waals surface area (Å²) < 4.78 is 18.9. The normalized spacial score (nSPS) is 16.2. The third-order valence-electron chi connectivity index (χ3n) is 5.92. The zero-order valence-electron chi connectivity index (χ0n) is 18.5. The molecule has 3 aromatic rings. The highest BCUT2D eigenvalue weighted by Gasteiger charge is 2.30. The zero-order chi connectivity index (χ0) is 22.7. The van der Waals surface area contributed by atoms with Crippen LogP contribution < -0.4 is 14.2 Å². The Morgan fingerprint density at radius 1 is 1.00 bits per heavy atom. The van der Waals surface area contributed by atoms with E-state index in [1.807, 2.05) is 30.3 Å². The lowest BCUT2D eigenvalue weighted by Crippen LogP contribution is -2.30. The summed E-state index contributed by atoms with van der Waals surface area (Å²) in [5.41, 5.74) is 2.92. The number of para-hydroxylation sites is 1. The summed E-state index contributed by atoms with van der Waals surface area (Å²) in [4.78, 5) is 13.6. The number of nitro groups is 1. The molecule has 168 valence electrons. The van der Waals surface area contributed by atoms with Gasteiger partial charge in [0.25, 0.3) is 5.69 Å². The lowest BCUT2D eigenvalue weighted by atomic mass is 9.99. The number of nitrogens with zero attached hydrogens (tertiary/aromatic N) is 3. The largest absolute Gasteiger partial charge is 0.493 e. The maximum atomic E-state index is 11.6. The molecule has 8 nitrogen and oxygen atoms in total. The Morgan fingerprint density at radius 3 is 2.38 bits per heavy atom. The van der Waals surface area contributed by atoms with E-state index >= 15 is 0 Å². The van der Waals surface area contributed by atoms with Crippen molar-refractivity contribution < 1.29 is 19.1 Å². The molecule has 0 aliphatic carbocycles. The maximum Gasteiger partial charge on any atom is 0.273 e. The van der Waals surface area contributed by atoms with Crippen LogP contribution in [-0.4, -0.2) is 42.3 Å². The van der Waals surface area contributed by atoms with Gasteiger partial charge in [0.2, 0.25) is 5.75 Å². The summed E-state index contributed by atoms with van der Waals surface area (Å²) in [5.74, 6) is 1.69. The number of ether oxygens (including phenoxy) is 3. The minimum Gasteiger partial charge on any atom is -0.493 e. The molecule has 1 aliphatic heterocycles. The van der Waals surface area contributed by atoms with Crippen LogP contribution in [0.3, 0.4) is 0 Å². The Labute approximate surface area is 187 Å². The molecule has 0 saturated carbocycles. The minimum absolute atomic E-state index is 0.135. The van der Waals surface area contributed by atoms with Crippen molar-refractivity contribution in [2.45, 2.75) is 25.6 Å². The predicted octanol–water partition coefficient (Wildman–Crippen LogP) is 4.42. The van der Waals surface area contributed by atoms with Gasteiger partial charge in [-0.3, -0.25) is 15.0 Å². The van der Waals surface area contributed by atoms with Crippen LogP contribution in [0.1, 0.15) is 29.3 Å². The lowest BCUT2D eigenvalue weighted by Gasteiger charge is -2.31. The number of rotatable bonds is 7.